The maximum atomic E-state index is 12.7. The van der Waals surface area contributed by atoms with Crippen molar-refractivity contribution in [3.05, 3.63) is 253 Å². The largest absolute Gasteiger partial charge is 0.493 e. The number of nitrogens with zero attached hydrogens (tertiary/aromatic N) is 16. The average Bonchev–Trinajstić information content (AvgIpc) is 1.62. The fourth-order valence-corrected chi connectivity index (χ4v) is 13.8. The molecule has 0 spiro atoms. The number of Topliss-reactive ketones (excluding diaryl/α,β-unsaturated/α-hetero) is 2. The molecule has 670 valence electrons. The number of nitro groups is 3. The van der Waals surface area contributed by atoms with Crippen molar-refractivity contribution in [3.63, 3.8) is 0 Å². The van der Waals surface area contributed by atoms with Gasteiger partial charge in [-0.2, -0.15) is 10.2 Å². The third-order valence-corrected chi connectivity index (χ3v) is 20.1. The van der Waals surface area contributed by atoms with Crippen LogP contribution in [-0.2, 0) is 35.4 Å². The number of aryl methyl sites for hydroxylation is 3. The molecule has 4 aliphatic rings. The highest BCUT2D eigenvalue weighted by molar-refractivity contribution is 6.31. The summed E-state index contributed by atoms with van der Waals surface area (Å²) in [5, 5.41) is 41.5. The maximum absolute atomic E-state index is 12.7. The van der Waals surface area contributed by atoms with E-state index in [2.05, 4.69) is 69.4 Å². The second kappa shape index (κ2) is 49.7. The van der Waals surface area contributed by atoms with Crippen LogP contribution in [0.5, 0.6) is 40.2 Å². The van der Waals surface area contributed by atoms with Gasteiger partial charge in [0.15, 0.2) is 68.7 Å². The number of hydrogen-bond acceptors (Lipinski definition) is 30. The number of halogens is 3. The molecule has 40 heteroatoms. The van der Waals surface area contributed by atoms with Crippen molar-refractivity contribution < 1.29 is 57.5 Å². The number of ketones is 2. The Kier molecular flexibility index (Phi) is 38.6. The predicted molar refractivity (Wildman–Crippen MR) is 482 cm³/mol. The first-order chi connectivity index (χ1) is 60.6. The summed E-state index contributed by atoms with van der Waals surface area (Å²) in [6.45, 7) is 14.0. The van der Waals surface area contributed by atoms with Crippen LogP contribution in [0.3, 0.4) is 0 Å². The summed E-state index contributed by atoms with van der Waals surface area (Å²) in [5.41, 5.74) is 18.3. The number of aromatic amines is 2. The minimum Gasteiger partial charge on any atom is -0.493 e. The molecule has 9 aromatic heterocycles. The number of ether oxygens (including phenoxy) is 7. The molecule has 2 aromatic carbocycles. The van der Waals surface area contributed by atoms with Crippen LogP contribution in [0.1, 0.15) is 98.6 Å². The van der Waals surface area contributed by atoms with Gasteiger partial charge >= 0.3 is 0 Å². The summed E-state index contributed by atoms with van der Waals surface area (Å²) in [7, 11) is 10.6. The van der Waals surface area contributed by atoms with E-state index in [-0.39, 0.29) is 50.8 Å². The first kappa shape index (κ1) is 97.9. The number of aromatic nitrogens is 11. The van der Waals surface area contributed by atoms with Crippen LogP contribution < -0.4 is 75.3 Å². The van der Waals surface area contributed by atoms with Crippen molar-refractivity contribution >= 4 is 92.4 Å². The molecule has 6 N–H and O–H groups in total. The minimum atomic E-state index is -0.613. The topological polar surface area (TPSA) is 459 Å². The summed E-state index contributed by atoms with van der Waals surface area (Å²) in [5.74, 6) is 6.92. The smallest absolute Gasteiger partial charge is 0.291 e. The normalized spacial score (nSPS) is 12.8. The fourth-order valence-electron chi connectivity index (χ4n) is 13.3. The standard InChI is InChI=1S/C24H27ClN4O2.C13H18N2O2.C11H12ClN3.C10H13N3O3.C10H15N3O.C6H5ClN2O3.C6H6N2O4.C6H7NO2/c1-17-12-21(29(27-17)20-7-5-6-19(25)15-20)8-9-22(30)13-18-14-23(31-2)24(26-16-18)28-10-3-4-11-28;1-10(16)7-11-8-12(17-2)13(14-9-11)15-5-3-4-6-15;1-8-5-11(7-13)15(14-8)10-4-2-3-9(12)6-10;1-16-9-6-8(13(14)15)7-11-10(9)12-4-2-3-5-12;1-14-9-6-8(11)7-12-10(9)13-4-2-3-5-13;1-12-5-2-4(9(10)11)3-8-6(5)7;1-12-5-2-4(8(10)11)3-7-6(5)9;1-9-5-3-2-4-7-6(5)8/h5-7,12,14-16H,3-4,8-11,13H2,1-2H3;8-9H,3-7H2,1-2H3;2-6H,7,13H2,1H3;6-7H,2-5H2,1H3;6-7H,2-5,11H2,1H3;2-3H,1H3;2-3H,1H3,(H,7,9);2-4H,1H3,(H,7,8). The lowest BCUT2D eigenvalue weighted by molar-refractivity contribution is -0.385. The monoisotopic (exact) mass is 1790 g/mol. The van der Waals surface area contributed by atoms with Gasteiger partial charge in [-0.3, -0.25) is 49.5 Å². The lowest BCUT2D eigenvalue weighted by Crippen LogP contribution is -2.20. The van der Waals surface area contributed by atoms with Crippen LogP contribution in [0.4, 0.5) is 46.0 Å². The van der Waals surface area contributed by atoms with Crippen molar-refractivity contribution in [2.45, 2.75) is 104 Å². The molecule has 0 atom stereocenters. The Morgan fingerprint density at radius 1 is 0.452 bits per heavy atom. The Morgan fingerprint density at radius 3 is 1.26 bits per heavy atom. The third kappa shape index (κ3) is 29.3. The van der Waals surface area contributed by atoms with Crippen molar-refractivity contribution in [2.75, 3.05) is 127 Å². The number of nitrogens with two attached hydrogens (primary N) is 2. The van der Waals surface area contributed by atoms with Crippen molar-refractivity contribution in [1.82, 2.24) is 54.4 Å². The van der Waals surface area contributed by atoms with E-state index >= 15 is 0 Å². The average molecular weight is 1800 g/mol. The molecule has 0 aliphatic carbocycles. The van der Waals surface area contributed by atoms with Crippen LogP contribution in [0.2, 0.25) is 15.2 Å². The first-order valence-corrected chi connectivity index (χ1v) is 41.1. The molecule has 13 heterocycles. The number of nitrogen functional groups attached to an aromatic ring is 1. The number of benzene rings is 2. The second-order valence-electron chi connectivity index (χ2n) is 28.4. The number of carbonyl (C=O) groups is 2. The van der Waals surface area contributed by atoms with Crippen LogP contribution >= 0.6 is 34.8 Å². The number of hydrogen-bond donors (Lipinski definition) is 4. The molecule has 15 rings (SSSR count). The summed E-state index contributed by atoms with van der Waals surface area (Å²) in [4.78, 5) is 109. The van der Waals surface area contributed by atoms with Gasteiger partial charge in [-0.25, -0.2) is 34.3 Å². The molecule has 37 nitrogen and oxygen atoms in total. The SMILES string of the molecule is COc1cc(CC(=O)CCc2cc(C)nn2-c2cccc(Cl)c2)cnc1N1CCCC1.COc1cc(CC(C)=O)cnc1N1CCCC1.COc1cc(N)cnc1N1CCCC1.COc1cc([N+](=O)[O-])c[nH]c1=O.COc1cc([N+](=O)[O-])cnc1Cl.COc1cc([N+](=O)[O-])cnc1N1CCCC1.COc1ccc[nH]c1=O.Cc1cc(CN)n(-c2cccc(Cl)c2)n1. The summed E-state index contributed by atoms with van der Waals surface area (Å²) < 4.78 is 39.0. The molecule has 0 amide bonds. The highest BCUT2D eigenvalue weighted by atomic mass is 35.5. The van der Waals surface area contributed by atoms with E-state index in [1.165, 1.54) is 85.3 Å². The van der Waals surface area contributed by atoms with Gasteiger partial charge in [0.2, 0.25) is 0 Å². The maximum Gasteiger partial charge on any atom is 0.291 e. The van der Waals surface area contributed by atoms with Crippen LogP contribution in [-0.4, -0.2) is 183 Å². The Bertz CT molecular complexity index is 5560. The van der Waals surface area contributed by atoms with Gasteiger partial charge in [0.05, 0.1) is 129 Å². The second-order valence-corrected chi connectivity index (χ2v) is 29.7. The predicted octanol–water partition coefficient (Wildman–Crippen LogP) is 13.9. The van der Waals surface area contributed by atoms with Gasteiger partial charge in [0, 0.05) is 119 Å². The van der Waals surface area contributed by atoms with Crippen molar-refractivity contribution in [2.24, 2.45) is 5.73 Å². The molecule has 0 radical (unpaired) electrons. The highest BCUT2D eigenvalue weighted by Crippen LogP contribution is 2.35. The highest BCUT2D eigenvalue weighted by Gasteiger charge is 2.25. The first-order valence-electron chi connectivity index (χ1n) is 40.0. The Balaban J connectivity index is 0.000000184. The Hall–Kier alpha value is -13.5. The molecule has 4 fully saturated rings. The van der Waals surface area contributed by atoms with Gasteiger partial charge in [0.25, 0.3) is 28.2 Å². The quantitative estimate of drug-likeness (QED) is 0.0248. The summed E-state index contributed by atoms with van der Waals surface area (Å²) in [6, 6.07) is 31.8. The molecule has 11 aromatic rings. The molecule has 4 aliphatic heterocycles. The molecule has 4 saturated heterocycles. The lowest BCUT2D eigenvalue weighted by atomic mass is 10.1. The van der Waals surface area contributed by atoms with Gasteiger partial charge in [-0.05, 0) is 162 Å². The van der Waals surface area contributed by atoms with Crippen molar-refractivity contribution in [1.29, 1.82) is 0 Å². The summed E-state index contributed by atoms with van der Waals surface area (Å²) in [6.07, 6.45) is 21.5. The molecule has 0 saturated carbocycles. The number of methoxy groups -OCH3 is 7. The molecule has 126 heavy (non-hydrogen) atoms. The van der Waals surface area contributed by atoms with Crippen LogP contribution in [0.25, 0.3) is 11.4 Å². The molecular formula is C86H103Cl3N20O17. The van der Waals surface area contributed by atoms with Gasteiger partial charge in [0.1, 0.15) is 24.0 Å². The fraction of sp³-hybridized carbons (Fsp3) is 0.360. The van der Waals surface area contributed by atoms with E-state index in [1.807, 2.05) is 102 Å². The van der Waals surface area contributed by atoms with E-state index in [0.717, 1.165) is 164 Å². The zero-order chi connectivity index (χ0) is 91.4. The zero-order valence-electron chi connectivity index (χ0n) is 71.7. The van der Waals surface area contributed by atoms with Crippen LogP contribution in [0, 0.1) is 44.2 Å². The minimum absolute atomic E-state index is 0.0419. The lowest BCUT2D eigenvalue weighted by Gasteiger charge is -2.19. The summed E-state index contributed by atoms with van der Waals surface area (Å²) >= 11 is 17.6. The number of pyridine rings is 7. The molecule has 0 unspecified atom stereocenters. The van der Waals surface area contributed by atoms with Crippen LogP contribution in [0.15, 0.2) is 162 Å². The van der Waals surface area contributed by atoms with E-state index in [0.29, 0.717) is 65.3 Å². The molecular weight excluding hydrogens is 1690 g/mol. The molecule has 0 bridgehead atoms. The Labute approximate surface area is 742 Å². The van der Waals surface area contributed by atoms with E-state index < -0.39 is 20.3 Å². The zero-order valence-corrected chi connectivity index (χ0v) is 73.9. The third-order valence-electron chi connectivity index (χ3n) is 19.3. The number of anilines is 5. The van der Waals surface area contributed by atoms with Gasteiger partial charge in [-0.1, -0.05) is 46.9 Å². The number of H-pyrrole nitrogens is 2. The van der Waals surface area contributed by atoms with E-state index in [9.17, 15) is 49.5 Å². The van der Waals surface area contributed by atoms with E-state index in [4.69, 9.17) is 74.7 Å². The number of nitrogens with one attached hydrogen (secondary N) is 2. The van der Waals surface area contributed by atoms with E-state index in [1.54, 1.807) is 65.2 Å². The number of rotatable bonds is 24. The Morgan fingerprint density at radius 2 is 0.841 bits per heavy atom. The van der Waals surface area contributed by atoms with Crippen molar-refractivity contribution in [3.8, 4) is 51.6 Å². The van der Waals surface area contributed by atoms with Gasteiger partial charge < -0.3 is 74.2 Å². The van der Waals surface area contributed by atoms with Gasteiger partial charge in [-0.15, -0.1) is 0 Å². The number of carbonyl (C=O) groups excluding carboxylic acids is 2.